The highest BCUT2D eigenvalue weighted by Crippen LogP contribution is 1.87. The molecule has 9 heavy (non-hydrogen) atoms. The fourth-order valence-corrected chi connectivity index (χ4v) is 0.496. The predicted molar refractivity (Wildman–Crippen MR) is 32.0 cm³/mol. The summed E-state index contributed by atoms with van der Waals surface area (Å²) in [6, 6.07) is 2.77. The van der Waals surface area contributed by atoms with Crippen molar-refractivity contribution < 1.29 is 5.48 Å². The highest BCUT2D eigenvalue weighted by atomic mass is 16.5. The maximum Gasteiger partial charge on any atom is 0.248 e. The minimum Gasteiger partial charge on any atom is -0.630 e. The molecular formula is C5H6N2O2. The first-order valence-corrected chi connectivity index (χ1v) is 2.47. The first kappa shape index (κ1) is 6.00. The largest absolute Gasteiger partial charge is 0.630 e. The maximum absolute atomic E-state index is 10.4. The zero-order chi connectivity index (χ0) is 6.69. The average molecular weight is 126 g/mol. The number of quaternary nitrogens is 1. The lowest BCUT2D eigenvalue weighted by molar-refractivity contribution is -0.497. The molecule has 0 atom stereocenters. The molecule has 0 unspecified atom stereocenters. The van der Waals surface area contributed by atoms with E-state index in [-0.39, 0.29) is 5.56 Å². The molecule has 0 fully saturated rings. The lowest BCUT2D eigenvalue weighted by atomic mass is 10.4. The van der Waals surface area contributed by atoms with Crippen molar-refractivity contribution in [3.05, 3.63) is 33.9 Å². The van der Waals surface area contributed by atoms with E-state index in [1.807, 2.05) is 0 Å². The van der Waals surface area contributed by atoms with Crippen molar-refractivity contribution in [1.82, 2.24) is 4.98 Å². The van der Waals surface area contributed by atoms with Gasteiger partial charge in [-0.05, 0) is 0 Å². The Morgan fingerprint density at radius 2 is 2.33 bits per heavy atom. The van der Waals surface area contributed by atoms with Gasteiger partial charge in [0.15, 0.2) is 0 Å². The topological polar surface area (TPSA) is 72.5 Å². The Bertz CT molecular complexity index is 222. The highest BCUT2D eigenvalue weighted by Gasteiger charge is 1.86. The number of rotatable bonds is 1. The lowest BCUT2D eigenvalue weighted by Gasteiger charge is -1.96. The van der Waals surface area contributed by atoms with Crippen LogP contribution in [0.4, 0.5) is 5.69 Å². The van der Waals surface area contributed by atoms with E-state index in [1.54, 1.807) is 0 Å². The van der Waals surface area contributed by atoms with Crippen molar-refractivity contribution in [3.8, 4) is 0 Å². The fourth-order valence-electron chi connectivity index (χ4n) is 0.496. The molecule has 0 aliphatic rings. The highest BCUT2D eigenvalue weighted by molar-refractivity contribution is 5.22. The molecule has 4 nitrogen and oxygen atoms in total. The van der Waals surface area contributed by atoms with Crippen LogP contribution in [0.1, 0.15) is 0 Å². The molecular weight excluding hydrogens is 120 g/mol. The van der Waals surface area contributed by atoms with Gasteiger partial charge in [0.25, 0.3) is 0 Å². The summed E-state index contributed by atoms with van der Waals surface area (Å²) >= 11 is 0. The van der Waals surface area contributed by atoms with Crippen LogP contribution in [0.15, 0.2) is 23.1 Å². The van der Waals surface area contributed by atoms with Crippen molar-refractivity contribution in [1.29, 1.82) is 0 Å². The molecule has 0 aliphatic carbocycles. The van der Waals surface area contributed by atoms with E-state index in [0.717, 1.165) is 0 Å². The molecule has 0 aliphatic heterocycles. The van der Waals surface area contributed by atoms with Crippen LogP contribution in [0.5, 0.6) is 0 Å². The van der Waals surface area contributed by atoms with E-state index < -0.39 is 0 Å². The standard InChI is InChI=1S/C5H6N2O2/c8-5-2-1-4(7-9)3-6-5/h1-3H,7H2,(H,6,8). The van der Waals surface area contributed by atoms with Crippen LogP contribution in [-0.2, 0) is 0 Å². The second-order valence-electron chi connectivity index (χ2n) is 1.60. The minimum absolute atomic E-state index is 0.194. The van der Waals surface area contributed by atoms with Gasteiger partial charge in [0.2, 0.25) is 5.56 Å². The fraction of sp³-hybridized carbons (Fsp3) is 0. The Labute approximate surface area is 51.1 Å². The zero-order valence-electron chi connectivity index (χ0n) is 4.63. The van der Waals surface area contributed by atoms with Gasteiger partial charge in [0.1, 0.15) is 5.69 Å². The minimum atomic E-state index is -0.194. The number of aromatic nitrogens is 1. The van der Waals surface area contributed by atoms with Crippen molar-refractivity contribution in [3.63, 3.8) is 0 Å². The summed E-state index contributed by atoms with van der Waals surface area (Å²) in [4.78, 5) is 12.7. The molecule has 0 amide bonds. The van der Waals surface area contributed by atoms with E-state index >= 15 is 0 Å². The number of hydrogen-bond acceptors (Lipinski definition) is 2. The third kappa shape index (κ3) is 1.38. The summed E-state index contributed by atoms with van der Waals surface area (Å²) in [5.74, 6) is 0. The van der Waals surface area contributed by atoms with Gasteiger partial charge in [-0.1, -0.05) is 0 Å². The molecule has 1 rings (SSSR count). The second-order valence-corrected chi connectivity index (χ2v) is 1.60. The number of hydrogen-bond donors (Lipinski definition) is 2. The van der Waals surface area contributed by atoms with Gasteiger partial charge in [-0.25, -0.2) is 0 Å². The Morgan fingerprint density at radius 1 is 1.56 bits per heavy atom. The Morgan fingerprint density at radius 3 is 2.78 bits per heavy atom. The summed E-state index contributed by atoms with van der Waals surface area (Å²) in [5.41, 5.74) is 0.964. The van der Waals surface area contributed by atoms with Gasteiger partial charge in [-0.15, -0.1) is 0 Å². The molecule has 1 aromatic heterocycles. The second kappa shape index (κ2) is 2.43. The van der Waals surface area contributed by atoms with Crippen LogP contribution in [-0.4, -0.2) is 4.98 Å². The number of nitrogens with one attached hydrogen (secondary N) is 1. The summed E-state index contributed by atoms with van der Waals surface area (Å²) in [5, 5.41) is 10.00. The first-order valence-electron chi connectivity index (χ1n) is 2.47. The molecule has 3 N–H and O–H groups in total. The van der Waals surface area contributed by atoms with Gasteiger partial charge < -0.3 is 15.7 Å². The van der Waals surface area contributed by atoms with Crippen LogP contribution in [0.25, 0.3) is 0 Å². The lowest BCUT2D eigenvalue weighted by Crippen LogP contribution is -2.70. The number of nitrogens with two attached hydrogens (primary N) is 1. The van der Waals surface area contributed by atoms with Gasteiger partial charge in [0, 0.05) is 12.1 Å². The first-order chi connectivity index (χ1) is 4.33. The van der Waals surface area contributed by atoms with Gasteiger partial charge >= 0.3 is 0 Å². The van der Waals surface area contributed by atoms with E-state index in [9.17, 15) is 10.0 Å². The molecule has 0 bridgehead atoms. The van der Waals surface area contributed by atoms with E-state index in [4.69, 9.17) is 0 Å². The molecule has 0 radical (unpaired) electrons. The van der Waals surface area contributed by atoms with Crippen molar-refractivity contribution in [2.45, 2.75) is 0 Å². The Hall–Kier alpha value is -1.13. The van der Waals surface area contributed by atoms with Gasteiger partial charge in [-0.3, -0.25) is 4.79 Å². The van der Waals surface area contributed by atoms with Crippen LogP contribution in [0.3, 0.4) is 0 Å². The zero-order valence-corrected chi connectivity index (χ0v) is 4.63. The summed E-state index contributed by atoms with van der Waals surface area (Å²) in [6.45, 7) is 0. The molecule has 0 saturated heterocycles. The van der Waals surface area contributed by atoms with Crippen LogP contribution in [0.2, 0.25) is 0 Å². The molecule has 1 heterocycles. The Balaban J connectivity index is 3.02. The number of pyridine rings is 1. The molecule has 0 aromatic carbocycles. The maximum atomic E-state index is 10.4. The number of H-pyrrole nitrogens is 1. The predicted octanol–water partition coefficient (Wildman–Crippen LogP) is -0.932. The molecule has 4 heteroatoms. The molecule has 1 aromatic rings. The summed E-state index contributed by atoms with van der Waals surface area (Å²) < 4.78 is 0. The molecule has 48 valence electrons. The monoisotopic (exact) mass is 126 g/mol. The summed E-state index contributed by atoms with van der Waals surface area (Å²) in [6.07, 6.45) is 1.37. The third-order valence-electron chi connectivity index (χ3n) is 0.944. The molecule has 0 saturated carbocycles. The van der Waals surface area contributed by atoms with Gasteiger partial charge in [-0.2, -0.15) is 0 Å². The Kier molecular flexibility index (Phi) is 1.62. The average Bonchev–Trinajstić information content (AvgIpc) is 1.90. The van der Waals surface area contributed by atoms with Gasteiger partial charge in [0.05, 0.1) is 6.20 Å². The SMILES string of the molecule is O=c1ccc([NH2+][O-])c[nH]1. The third-order valence-corrected chi connectivity index (χ3v) is 0.944. The van der Waals surface area contributed by atoms with Crippen molar-refractivity contribution in [2.24, 2.45) is 0 Å². The summed E-state index contributed by atoms with van der Waals surface area (Å²) in [7, 11) is 0. The van der Waals surface area contributed by atoms with E-state index in [2.05, 4.69) is 4.98 Å². The van der Waals surface area contributed by atoms with Crippen LogP contribution in [0, 0.1) is 5.21 Å². The van der Waals surface area contributed by atoms with E-state index in [1.165, 1.54) is 18.3 Å². The van der Waals surface area contributed by atoms with Crippen molar-refractivity contribution in [2.75, 3.05) is 0 Å². The molecule has 0 spiro atoms. The van der Waals surface area contributed by atoms with Crippen LogP contribution >= 0.6 is 0 Å². The normalized spacial score (nSPS) is 9.44. The smallest absolute Gasteiger partial charge is 0.248 e. The van der Waals surface area contributed by atoms with Crippen molar-refractivity contribution >= 4 is 5.69 Å². The number of aromatic amines is 1. The quantitative estimate of drug-likeness (QED) is 0.477. The van der Waals surface area contributed by atoms with Crippen LogP contribution < -0.4 is 11.0 Å². The van der Waals surface area contributed by atoms with E-state index in [0.29, 0.717) is 11.2 Å².